The molecule has 0 N–H and O–H groups in total. The van der Waals surface area contributed by atoms with Gasteiger partial charge < -0.3 is 9.80 Å². The molecule has 0 aliphatic carbocycles. The van der Waals surface area contributed by atoms with Gasteiger partial charge in [0.15, 0.2) is 0 Å². The van der Waals surface area contributed by atoms with Crippen molar-refractivity contribution in [1.82, 2.24) is 20.0 Å². The number of rotatable bonds is 6. The Hall–Kier alpha value is -2.70. The Kier molecular flexibility index (Phi) is 6.77. The van der Waals surface area contributed by atoms with E-state index >= 15 is 0 Å². The van der Waals surface area contributed by atoms with Gasteiger partial charge in [0, 0.05) is 43.1 Å². The summed E-state index contributed by atoms with van der Waals surface area (Å²) in [6.45, 7) is 6.72. The summed E-state index contributed by atoms with van der Waals surface area (Å²) in [6, 6.07) is 22.0. The van der Waals surface area contributed by atoms with E-state index in [2.05, 4.69) is 28.1 Å². The molecule has 0 atom stereocenters. The van der Waals surface area contributed by atoms with Crippen molar-refractivity contribution >= 4 is 17.7 Å². The minimum atomic E-state index is 0.129. The predicted octanol–water partition coefficient (Wildman–Crippen LogP) is 4.21. The van der Waals surface area contributed by atoms with E-state index in [9.17, 15) is 4.79 Å². The third-order valence-corrected chi connectivity index (χ3v) is 6.37. The third-order valence-electron chi connectivity index (χ3n) is 5.38. The Morgan fingerprint density at radius 1 is 0.933 bits per heavy atom. The van der Waals surface area contributed by atoms with Crippen LogP contribution in [-0.2, 0) is 5.75 Å². The molecule has 30 heavy (non-hydrogen) atoms. The molecule has 2 heterocycles. The molecule has 1 aliphatic heterocycles. The molecule has 0 bridgehead atoms. The lowest BCUT2D eigenvalue weighted by molar-refractivity contribution is 0.0643. The number of likely N-dealkylation sites (N-methyl/N-ethyl adjacent to an activating group) is 1. The quantitative estimate of drug-likeness (QED) is 0.561. The second-order valence-corrected chi connectivity index (χ2v) is 8.33. The monoisotopic (exact) mass is 418 g/mol. The van der Waals surface area contributed by atoms with Crippen molar-refractivity contribution in [3.05, 3.63) is 77.9 Å². The van der Waals surface area contributed by atoms with Crippen LogP contribution in [0.1, 0.15) is 22.8 Å². The summed E-state index contributed by atoms with van der Waals surface area (Å²) in [4.78, 5) is 17.2. The van der Waals surface area contributed by atoms with Crippen molar-refractivity contribution in [2.24, 2.45) is 0 Å². The van der Waals surface area contributed by atoms with Gasteiger partial charge in [-0.15, -0.1) is 10.2 Å². The van der Waals surface area contributed by atoms with Gasteiger partial charge in [-0.25, -0.2) is 0 Å². The topological polar surface area (TPSA) is 49.3 Å². The van der Waals surface area contributed by atoms with Crippen LogP contribution < -0.4 is 0 Å². The van der Waals surface area contributed by atoms with Crippen LogP contribution in [0.2, 0.25) is 0 Å². The number of hydrogen-bond donors (Lipinski definition) is 0. The molecule has 0 radical (unpaired) electrons. The van der Waals surface area contributed by atoms with Gasteiger partial charge >= 0.3 is 0 Å². The number of amides is 1. The molecule has 1 aliphatic rings. The first-order chi connectivity index (χ1) is 14.7. The van der Waals surface area contributed by atoms with Gasteiger partial charge in [0.2, 0.25) is 0 Å². The number of carbonyl (C=O) groups is 1. The van der Waals surface area contributed by atoms with Gasteiger partial charge in [-0.05, 0) is 36.4 Å². The molecular formula is C24H26N4OS. The standard InChI is InChI=1S/C24H26N4OS/c1-2-27-13-15-28(16-14-27)24(29)21-10-6-7-19(17-21)18-30-23-12-11-22(25-26-23)20-8-4-3-5-9-20/h3-12,17H,2,13-16,18H2,1H3. The van der Waals surface area contributed by atoms with Crippen LogP contribution in [0.5, 0.6) is 0 Å². The maximum absolute atomic E-state index is 12.9. The number of thioether (sulfide) groups is 1. The fraction of sp³-hybridized carbons (Fsp3) is 0.292. The van der Waals surface area contributed by atoms with Gasteiger partial charge in [-0.2, -0.15) is 0 Å². The molecule has 4 rings (SSSR count). The molecule has 1 aromatic heterocycles. The Morgan fingerprint density at radius 2 is 1.73 bits per heavy atom. The summed E-state index contributed by atoms with van der Waals surface area (Å²) >= 11 is 1.63. The Morgan fingerprint density at radius 3 is 2.43 bits per heavy atom. The average molecular weight is 419 g/mol. The molecule has 0 spiro atoms. The second-order valence-electron chi connectivity index (χ2n) is 7.34. The Balaban J connectivity index is 1.36. The molecule has 1 fully saturated rings. The molecular weight excluding hydrogens is 392 g/mol. The van der Waals surface area contributed by atoms with Crippen LogP contribution in [0.15, 0.2) is 71.8 Å². The summed E-state index contributed by atoms with van der Waals surface area (Å²) in [5.41, 5.74) is 3.82. The molecule has 1 amide bonds. The first-order valence-corrected chi connectivity index (χ1v) is 11.3. The highest BCUT2D eigenvalue weighted by molar-refractivity contribution is 7.98. The Bertz CT molecular complexity index is 970. The van der Waals surface area contributed by atoms with Crippen molar-refractivity contribution in [3.8, 4) is 11.3 Å². The normalized spacial score (nSPS) is 14.6. The van der Waals surface area contributed by atoms with E-state index in [1.54, 1.807) is 11.8 Å². The number of piperazine rings is 1. The van der Waals surface area contributed by atoms with E-state index < -0.39 is 0 Å². The summed E-state index contributed by atoms with van der Waals surface area (Å²) in [5.74, 6) is 0.883. The number of hydrogen-bond acceptors (Lipinski definition) is 5. The largest absolute Gasteiger partial charge is 0.336 e. The lowest BCUT2D eigenvalue weighted by Crippen LogP contribution is -2.48. The van der Waals surface area contributed by atoms with Gasteiger partial charge in [-0.3, -0.25) is 4.79 Å². The van der Waals surface area contributed by atoms with Crippen LogP contribution in [0.25, 0.3) is 11.3 Å². The maximum atomic E-state index is 12.9. The maximum Gasteiger partial charge on any atom is 0.253 e. The zero-order valence-corrected chi connectivity index (χ0v) is 18.0. The molecule has 0 saturated carbocycles. The first-order valence-electron chi connectivity index (χ1n) is 10.4. The Labute approximate surface area is 182 Å². The zero-order chi connectivity index (χ0) is 20.8. The molecule has 154 valence electrons. The van der Waals surface area contributed by atoms with E-state index in [4.69, 9.17) is 0 Å². The van der Waals surface area contributed by atoms with Crippen molar-refractivity contribution in [1.29, 1.82) is 0 Å². The number of carbonyl (C=O) groups excluding carboxylic acids is 1. The van der Waals surface area contributed by atoms with Crippen LogP contribution in [-0.4, -0.2) is 58.6 Å². The van der Waals surface area contributed by atoms with Crippen molar-refractivity contribution < 1.29 is 4.79 Å². The van der Waals surface area contributed by atoms with E-state index in [1.165, 1.54) is 0 Å². The summed E-state index contributed by atoms with van der Waals surface area (Å²) in [5, 5.41) is 9.57. The van der Waals surface area contributed by atoms with E-state index in [0.29, 0.717) is 0 Å². The van der Waals surface area contributed by atoms with Gasteiger partial charge in [0.25, 0.3) is 5.91 Å². The van der Waals surface area contributed by atoms with Crippen molar-refractivity contribution in [2.45, 2.75) is 17.7 Å². The lowest BCUT2D eigenvalue weighted by atomic mass is 10.1. The highest BCUT2D eigenvalue weighted by Gasteiger charge is 2.21. The van der Waals surface area contributed by atoms with Crippen LogP contribution in [0.3, 0.4) is 0 Å². The minimum absolute atomic E-state index is 0.129. The van der Waals surface area contributed by atoms with E-state index in [-0.39, 0.29) is 5.91 Å². The highest BCUT2D eigenvalue weighted by atomic mass is 32.2. The van der Waals surface area contributed by atoms with Gasteiger partial charge in [-0.1, -0.05) is 61.2 Å². The molecule has 5 nitrogen and oxygen atoms in total. The number of aromatic nitrogens is 2. The fourth-order valence-corrected chi connectivity index (χ4v) is 4.32. The molecule has 3 aromatic rings. The first kappa shape index (κ1) is 20.6. The molecule has 0 unspecified atom stereocenters. The second kappa shape index (κ2) is 9.87. The SMILES string of the molecule is CCN1CCN(C(=O)c2cccc(CSc3ccc(-c4ccccc4)nn3)c2)CC1. The molecule has 6 heteroatoms. The molecule has 2 aromatic carbocycles. The van der Waals surface area contributed by atoms with E-state index in [1.807, 2.05) is 65.6 Å². The fourth-order valence-electron chi connectivity index (χ4n) is 3.56. The minimum Gasteiger partial charge on any atom is -0.336 e. The molecule has 1 saturated heterocycles. The smallest absolute Gasteiger partial charge is 0.253 e. The third kappa shape index (κ3) is 5.07. The van der Waals surface area contributed by atoms with Crippen molar-refractivity contribution in [3.63, 3.8) is 0 Å². The highest BCUT2D eigenvalue weighted by Crippen LogP contribution is 2.23. The summed E-state index contributed by atoms with van der Waals surface area (Å²) in [7, 11) is 0. The van der Waals surface area contributed by atoms with Crippen LogP contribution >= 0.6 is 11.8 Å². The van der Waals surface area contributed by atoms with Crippen LogP contribution in [0, 0.1) is 0 Å². The predicted molar refractivity (Wildman–Crippen MR) is 121 cm³/mol. The average Bonchev–Trinajstić information content (AvgIpc) is 2.83. The number of benzene rings is 2. The zero-order valence-electron chi connectivity index (χ0n) is 17.2. The number of nitrogens with zero attached hydrogens (tertiary/aromatic N) is 4. The summed E-state index contributed by atoms with van der Waals surface area (Å²) < 4.78 is 0. The lowest BCUT2D eigenvalue weighted by Gasteiger charge is -2.34. The van der Waals surface area contributed by atoms with Gasteiger partial charge in [0.05, 0.1) is 5.69 Å². The van der Waals surface area contributed by atoms with Crippen molar-refractivity contribution in [2.75, 3.05) is 32.7 Å². The summed E-state index contributed by atoms with van der Waals surface area (Å²) in [6.07, 6.45) is 0. The van der Waals surface area contributed by atoms with Crippen LogP contribution in [0.4, 0.5) is 0 Å². The van der Waals surface area contributed by atoms with E-state index in [0.717, 1.165) is 65.9 Å². The van der Waals surface area contributed by atoms with Gasteiger partial charge in [0.1, 0.15) is 5.03 Å².